The Morgan fingerprint density at radius 3 is 2.30 bits per heavy atom. The molecule has 0 aliphatic carbocycles. The maximum absolute atomic E-state index is 13.2. The number of nitrogens with one attached hydrogen (secondary N) is 1. The molecule has 1 heterocycles. The molecule has 0 aliphatic rings. The van der Waals surface area contributed by atoms with Crippen molar-refractivity contribution in [2.24, 2.45) is 0 Å². The number of ether oxygens (including phenoxy) is 1. The molecule has 6 nitrogen and oxygen atoms in total. The number of aromatic amines is 1. The Bertz CT molecular complexity index is 1440. The minimum absolute atomic E-state index is 0.0860. The SMILES string of the molecule is O=C(O)CSc1cc(Cl)c(Oc2ccc3[nH]cc(S(=O)(=O)c4ccc(Cl)cc4)c3c2)c(Cl)c1. The maximum atomic E-state index is 13.2. The molecule has 33 heavy (non-hydrogen) atoms. The van der Waals surface area contributed by atoms with E-state index in [1.54, 1.807) is 30.3 Å². The number of hydrogen-bond donors (Lipinski definition) is 2. The quantitative estimate of drug-likeness (QED) is 0.246. The Morgan fingerprint density at radius 1 is 1.00 bits per heavy atom. The van der Waals surface area contributed by atoms with Crippen molar-refractivity contribution < 1.29 is 23.1 Å². The highest BCUT2D eigenvalue weighted by Crippen LogP contribution is 2.41. The maximum Gasteiger partial charge on any atom is 0.313 e. The van der Waals surface area contributed by atoms with E-state index in [2.05, 4.69) is 4.98 Å². The second kappa shape index (κ2) is 9.48. The number of rotatable bonds is 7. The number of fused-ring (bicyclic) bond motifs is 1. The van der Waals surface area contributed by atoms with Crippen molar-refractivity contribution in [3.8, 4) is 11.5 Å². The number of carboxylic acid groups (broad SMARTS) is 1. The number of aliphatic carboxylic acids is 1. The molecule has 170 valence electrons. The summed E-state index contributed by atoms with van der Waals surface area (Å²) in [6.45, 7) is 0. The van der Waals surface area contributed by atoms with Gasteiger partial charge in [-0.1, -0.05) is 34.8 Å². The highest BCUT2D eigenvalue weighted by atomic mass is 35.5. The van der Waals surface area contributed by atoms with Gasteiger partial charge < -0.3 is 14.8 Å². The predicted molar refractivity (Wildman–Crippen MR) is 130 cm³/mol. The standard InChI is InChI=1S/C22H14Cl3NO5S2/c23-12-1-4-15(5-2-12)33(29,30)20-10-26-19-6-3-13(7-16(19)20)31-22-17(24)8-14(9-18(22)25)32-11-21(27)28/h1-10,26H,11H2,(H,27,28). The molecular weight excluding hydrogens is 529 g/mol. The lowest BCUT2D eigenvalue weighted by molar-refractivity contribution is -0.133. The minimum atomic E-state index is -3.81. The Kier molecular flexibility index (Phi) is 6.83. The van der Waals surface area contributed by atoms with Crippen LogP contribution in [0.2, 0.25) is 15.1 Å². The van der Waals surface area contributed by atoms with Crippen LogP contribution in [-0.4, -0.2) is 30.2 Å². The third-order valence-electron chi connectivity index (χ3n) is 4.58. The highest BCUT2D eigenvalue weighted by molar-refractivity contribution is 8.00. The molecule has 4 aromatic rings. The van der Waals surface area contributed by atoms with Crippen LogP contribution in [0.15, 0.2) is 75.5 Å². The first-order valence-corrected chi connectivity index (χ1v) is 12.9. The topological polar surface area (TPSA) is 96.5 Å². The molecule has 3 aromatic carbocycles. The molecule has 0 fully saturated rings. The monoisotopic (exact) mass is 541 g/mol. The zero-order valence-corrected chi connectivity index (χ0v) is 20.4. The van der Waals surface area contributed by atoms with Gasteiger partial charge in [-0.3, -0.25) is 4.79 Å². The number of H-pyrrole nitrogens is 1. The van der Waals surface area contributed by atoms with Gasteiger partial charge in [0.25, 0.3) is 0 Å². The van der Waals surface area contributed by atoms with E-state index < -0.39 is 15.8 Å². The fraction of sp³-hybridized carbons (Fsp3) is 0.0455. The van der Waals surface area contributed by atoms with Crippen molar-refractivity contribution in [2.75, 3.05) is 5.75 Å². The van der Waals surface area contributed by atoms with Crippen LogP contribution in [0.3, 0.4) is 0 Å². The Morgan fingerprint density at radius 2 is 1.67 bits per heavy atom. The number of thioether (sulfide) groups is 1. The van der Waals surface area contributed by atoms with Crippen LogP contribution in [0.5, 0.6) is 11.5 Å². The predicted octanol–water partition coefficient (Wildman–Crippen LogP) is 6.93. The first-order chi connectivity index (χ1) is 15.6. The van der Waals surface area contributed by atoms with Gasteiger partial charge in [0.05, 0.1) is 25.6 Å². The molecule has 4 rings (SSSR count). The van der Waals surface area contributed by atoms with E-state index in [9.17, 15) is 13.2 Å². The molecule has 0 radical (unpaired) electrons. The van der Waals surface area contributed by atoms with Gasteiger partial charge in [-0.25, -0.2) is 8.42 Å². The Balaban J connectivity index is 1.68. The largest absolute Gasteiger partial charge is 0.481 e. The van der Waals surface area contributed by atoms with Gasteiger partial charge in [-0.2, -0.15) is 0 Å². The summed E-state index contributed by atoms with van der Waals surface area (Å²) >= 11 is 19.6. The normalized spacial score (nSPS) is 11.6. The molecule has 0 spiro atoms. The van der Waals surface area contributed by atoms with Gasteiger partial charge in [0, 0.05) is 27.0 Å². The van der Waals surface area contributed by atoms with Gasteiger partial charge in [-0.15, -0.1) is 11.8 Å². The number of sulfone groups is 1. The number of carboxylic acids is 1. The van der Waals surface area contributed by atoms with Crippen molar-refractivity contribution in [1.82, 2.24) is 4.98 Å². The van der Waals surface area contributed by atoms with Crippen LogP contribution in [0, 0.1) is 0 Å². The van der Waals surface area contributed by atoms with Crippen LogP contribution >= 0.6 is 46.6 Å². The fourth-order valence-electron chi connectivity index (χ4n) is 3.08. The van der Waals surface area contributed by atoms with E-state index in [-0.39, 0.29) is 31.3 Å². The molecule has 0 saturated heterocycles. The first kappa shape index (κ1) is 23.8. The summed E-state index contributed by atoms with van der Waals surface area (Å²) in [6, 6.07) is 13.9. The number of hydrogen-bond acceptors (Lipinski definition) is 5. The third kappa shape index (κ3) is 5.10. The van der Waals surface area contributed by atoms with E-state index in [1.165, 1.54) is 30.5 Å². The smallest absolute Gasteiger partial charge is 0.313 e. The van der Waals surface area contributed by atoms with E-state index in [1.807, 2.05) is 0 Å². The van der Waals surface area contributed by atoms with E-state index in [0.717, 1.165) is 11.8 Å². The second-order valence-corrected chi connectivity index (χ2v) is 11.0. The summed E-state index contributed by atoms with van der Waals surface area (Å²) in [7, 11) is -3.81. The molecule has 0 amide bonds. The lowest BCUT2D eigenvalue weighted by atomic mass is 10.2. The van der Waals surface area contributed by atoms with Crippen molar-refractivity contribution in [2.45, 2.75) is 14.7 Å². The van der Waals surface area contributed by atoms with Gasteiger partial charge in [0.2, 0.25) is 9.84 Å². The summed E-state index contributed by atoms with van der Waals surface area (Å²) in [4.78, 5) is 14.5. The lowest BCUT2D eigenvalue weighted by Crippen LogP contribution is -2.01. The minimum Gasteiger partial charge on any atom is -0.481 e. The van der Waals surface area contributed by atoms with Crippen molar-refractivity contribution in [3.05, 3.63) is 75.9 Å². The summed E-state index contributed by atoms with van der Waals surface area (Å²) in [5.74, 6) is -0.599. The molecule has 0 saturated carbocycles. The van der Waals surface area contributed by atoms with E-state index in [0.29, 0.717) is 26.6 Å². The van der Waals surface area contributed by atoms with Gasteiger partial charge >= 0.3 is 5.97 Å². The fourth-order valence-corrected chi connectivity index (χ4v) is 6.01. The van der Waals surface area contributed by atoms with Crippen molar-refractivity contribution in [1.29, 1.82) is 0 Å². The lowest BCUT2D eigenvalue weighted by Gasteiger charge is -2.12. The summed E-state index contributed by atoms with van der Waals surface area (Å²) in [5.41, 5.74) is 0.604. The molecule has 0 unspecified atom stereocenters. The van der Waals surface area contributed by atoms with E-state index >= 15 is 0 Å². The average Bonchev–Trinajstić information content (AvgIpc) is 3.19. The van der Waals surface area contributed by atoms with E-state index in [4.69, 9.17) is 44.6 Å². The van der Waals surface area contributed by atoms with Crippen LogP contribution in [-0.2, 0) is 14.6 Å². The molecule has 0 aliphatic heterocycles. The summed E-state index contributed by atoms with van der Waals surface area (Å²) in [6.07, 6.45) is 1.42. The average molecular weight is 543 g/mol. The summed E-state index contributed by atoms with van der Waals surface area (Å²) < 4.78 is 32.2. The van der Waals surface area contributed by atoms with Crippen LogP contribution < -0.4 is 4.74 Å². The first-order valence-electron chi connectivity index (χ1n) is 9.28. The van der Waals surface area contributed by atoms with Crippen molar-refractivity contribution in [3.63, 3.8) is 0 Å². The molecule has 1 aromatic heterocycles. The van der Waals surface area contributed by atoms with Gasteiger partial charge in [0.1, 0.15) is 5.75 Å². The zero-order chi connectivity index (χ0) is 23.8. The van der Waals surface area contributed by atoms with Crippen LogP contribution in [0.25, 0.3) is 10.9 Å². The van der Waals surface area contributed by atoms with Gasteiger partial charge in [0.15, 0.2) is 5.75 Å². The van der Waals surface area contributed by atoms with Crippen LogP contribution in [0.1, 0.15) is 0 Å². The Labute approximate surface area is 208 Å². The van der Waals surface area contributed by atoms with Gasteiger partial charge in [-0.05, 0) is 54.6 Å². The number of carbonyl (C=O) groups is 1. The Hall–Kier alpha value is -2.36. The molecule has 0 bridgehead atoms. The van der Waals surface area contributed by atoms with Crippen molar-refractivity contribution >= 4 is 73.3 Å². The third-order valence-corrected chi connectivity index (χ3v) is 8.17. The molecule has 11 heteroatoms. The number of aromatic nitrogens is 1. The molecular formula is C22H14Cl3NO5S2. The number of benzene rings is 3. The highest BCUT2D eigenvalue weighted by Gasteiger charge is 2.22. The molecule has 0 atom stereocenters. The zero-order valence-electron chi connectivity index (χ0n) is 16.5. The summed E-state index contributed by atoms with van der Waals surface area (Å²) in [5, 5.41) is 10.1. The molecule has 2 N–H and O–H groups in total. The van der Waals surface area contributed by atoms with Crippen LogP contribution in [0.4, 0.5) is 0 Å². The second-order valence-electron chi connectivity index (χ2n) is 6.82. The number of halogens is 3.